The van der Waals surface area contributed by atoms with Gasteiger partial charge in [-0.3, -0.25) is 0 Å². The first-order valence-electron chi connectivity index (χ1n) is 7.25. The zero-order valence-corrected chi connectivity index (χ0v) is 13.0. The molecule has 0 bridgehead atoms. The van der Waals surface area contributed by atoms with Crippen LogP contribution in [0.4, 0.5) is 0 Å². The Morgan fingerprint density at radius 2 is 1.60 bits per heavy atom. The second kappa shape index (κ2) is 6.92. The minimum absolute atomic E-state index is 0.0346. The molecule has 0 radical (unpaired) electrons. The maximum absolute atomic E-state index is 6.35. The Morgan fingerprint density at radius 3 is 2.20 bits per heavy atom. The predicted octanol–water partition coefficient (Wildman–Crippen LogP) is 4.71. The first-order valence-corrected chi connectivity index (χ1v) is 7.63. The first kappa shape index (κ1) is 15.1. The van der Waals surface area contributed by atoms with E-state index < -0.39 is 0 Å². The molecule has 0 aliphatic carbocycles. The number of benzene rings is 2. The van der Waals surface area contributed by atoms with E-state index in [1.165, 1.54) is 22.3 Å². The van der Waals surface area contributed by atoms with Crippen LogP contribution >= 0.6 is 11.6 Å². The van der Waals surface area contributed by atoms with E-state index >= 15 is 0 Å². The summed E-state index contributed by atoms with van der Waals surface area (Å²) in [4.78, 5) is 0. The highest BCUT2D eigenvalue weighted by molar-refractivity contribution is 6.30. The van der Waals surface area contributed by atoms with E-state index in [1.807, 2.05) is 24.3 Å². The van der Waals surface area contributed by atoms with Crippen molar-refractivity contribution in [2.75, 3.05) is 0 Å². The summed E-state index contributed by atoms with van der Waals surface area (Å²) in [5.74, 6) is 0. The minimum atomic E-state index is 0.0346. The van der Waals surface area contributed by atoms with Crippen LogP contribution in [0, 0.1) is 0 Å². The molecule has 0 amide bonds. The van der Waals surface area contributed by atoms with Crippen LogP contribution in [0.1, 0.15) is 42.1 Å². The van der Waals surface area contributed by atoms with Crippen molar-refractivity contribution in [2.24, 2.45) is 5.73 Å². The van der Waals surface area contributed by atoms with E-state index in [9.17, 15) is 0 Å². The van der Waals surface area contributed by atoms with Gasteiger partial charge in [-0.25, -0.2) is 0 Å². The Balaban J connectivity index is 2.16. The number of hydrogen-bond acceptors (Lipinski definition) is 1. The van der Waals surface area contributed by atoms with Crippen LogP contribution in [-0.4, -0.2) is 0 Å². The summed E-state index contributed by atoms with van der Waals surface area (Å²) < 4.78 is 0. The molecule has 1 unspecified atom stereocenters. The van der Waals surface area contributed by atoms with Crippen molar-refractivity contribution in [3.05, 3.63) is 69.7 Å². The third kappa shape index (κ3) is 3.62. The molecule has 2 aromatic rings. The van der Waals surface area contributed by atoms with Crippen LogP contribution in [0.15, 0.2) is 42.5 Å². The van der Waals surface area contributed by atoms with Gasteiger partial charge < -0.3 is 5.73 Å². The van der Waals surface area contributed by atoms with Crippen LogP contribution in [0.25, 0.3) is 0 Å². The fourth-order valence-corrected chi connectivity index (χ4v) is 2.67. The maximum atomic E-state index is 6.35. The topological polar surface area (TPSA) is 26.0 Å². The van der Waals surface area contributed by atoms with Gasteiger partial charge in [0.15, 0.2) is 0 Å². The fraction of sp³-hybridized carbons (Fsp3) is 0.333. The average molecular weight is 288 g/mol. The van der Waals surface area contributed by atoms with Crippen molar-refractivity contribution in [1.82, 2.24) is 0 Å². The third-order valence-corrected chi connectivity index (χ3v) is 4.04. The number of aryl methyl sites for hydroxylation is 2. The lowest BCUT2D eigenvalue weighted by Crippen LogP contribution is -2.14. The van der Waals surface area contributed by atoms with Gasteiger partial charge in [-0.1, -0.05) is 55.8 Å². The molecule has 1 nitrogen and oxygen atoms in total. The SMILES string of the molecule is CCc1ccc(C(N)Cc2ccc(Cl)cc2)cc1CC. The summed E-state index contributed by atoms with van der Waals surface area (Å²) in [5.41, 5.74) is 11.6. The number of hydrogen-bond donors (Lipinski definition) is 1. The van der Waals surface area contributed by atoms with Gasteiger partial charge in [0.25, 0.3) is 0 Å². The number of nitrogens with two attached hydrogens (primary N) is 1. The molecule has 106 valence electrons. The van der Waals surface area contributed by atoms with Gasteiger partial charge in [-0.05, 0) is 53.6 Å². The highest BCUT2D eigenvalue weighted by Crippen LogP contribution is 2.21. The average Bonchev–Trinajstić information content (AvgIpc) is 2.48. The van der Waals surface area contributed by atoms with Gasteiger partial charge in [-0.2, -0.15) is 0 Å². The monoisotopic (exact) mass is 287 g/mol. The van der Waals surface area contributed by atoms with Crippen LogP contribution in [0.5, 0.6) is 0 Å². The van der Waals surface area contributed by atoms with Gasteiger partial charge >= 0.3 is 0 Å². The molecule has 2 N–H and O–H groups in total. The molecule has 2 heteroatoms. The van der Waals surface area contributed by atoms with Crippen LogP contribution in [0.2, 0.25) is 5.02 Å². The molecule has 0 heterocycles. The zero-order chi connectivity index (χ0) is 14.5. The van der Waals surface area contributed by atoms with Gasteiger partial charge in [0.2, 0.25) is 0 Å². The number of halogens is 1. The Hall–Kier alpha value is -1.31. The highest BCUT2D eigenvalue weighted by Gasteiger charge is 2.09. The third-order valence-electron chi connectivity index (χ3n) is 3.79. The summed E-state index contributed by atoms with van der Waals surface area (Å²) in [6.45, 7) is 4.39. The molecule has 20 heavy (non-hydrogen) atoms. The van der Waals surface area contributed by atoms with Crippen molar-refractivity contribution in [3.63, 3.8) is 0 Å². The lowest BCUT2D eigenvalue weighted by atomic mass is 9.94. The molecular formula is C18H22ClN. The van der Waals surface area contributed by atoms with Gasteiger partial charge in [0.05, 0.1) is 0 Å². The summed E-state index contributed by atoms with van der Waals surface area (Å²) >= 11 is 5.91. The molecule has 2 aromatic carbocycles. The van der Waals surface area contributed by atoms with Gasteiger partial charge in [-0.15, -0.1) is 0 Å². The minimum Gasteiger partial charge on any atom is -0.324 e. The van der Waals surface area contributed by atoms with Crippen molar-refractivity contribution < 1.29 is 0 Å². The molecule has 0 saturated heterocycles. The van der Waals surface area contributed by atoms with Crippen LogP contribution in [-0.2, 0) is 19.3 Å². The smallest absolute Gasteiger partial charge is 0.0406 e. The normalized spacial score (nSPS) is 12.4. The van der Waals surface area contributed by atoms with Crippen LogP contribution < -0.4 is 5.73 Å². The van der Waals surface area contributed by atoms with E-state index in [0.29, 0.717) is 0 Å². The molecule has 0 aliphatic heterocycles. The second-order valence-electron chi connectivity index (χ2n) is 5.17. The van der Waals surface area contributed by atoms with Crippen molar-refractivity contribution >= 4 is 11.6 Å². The highest BCUT2D eigenvalue weighted by atomic mass is 35.5. The maximum Gasteiger partial charge on any atom is 0.0406 e. The fourth-order valence-electron chi connectivity index (χ4n) is 2.54. The lowest BCUT2D eigenvalue weighted by Gasteiger charge is -2.15. The van der Waals surface area contributed by atoms with E-state index in [2.05, 4.69) is 32.0 Å². The molecule has 0 spiro atoms. The van der Waals surface area contributed by atoms with Gasteiger partial charge in [0.1, 0.15) is 0 Å². The molecule has 0 aromatic heterocycles. The van der Waals surface area contributed by atoms with Crippen LogP contribution in [0.3, 0.4) is 0 Å². The Kier molecular flexibility index (Phi) is 5.22. The largest absolute Gasteiger partial charge is 0.324 e. The van der Waals surface area contributed by atoms with Gasteiger partial charge in [0, 0.05) is 11.1 Å². The summed E-state index contributed by atoms with van der Waals surface area (Å²) in [6, 6.07) is 14.6. The standard InChI is InChI=1S/C18H22ClN/c1-3-14-7-8-16(12-15(14)4-2)18(20)11-13-5-9-17(19)10-6-13/h5-10,12,18H,3-4,11,20H2,1-2H3. The quantitative estimate of drug-likeness (QED) is 0.847. The van der Waals surface area contributed by atoms with E-state index in [-0.39, 0.29) is 6.04 Å². The predicted molar refractivity (Wildman–Crippen MR) is 87.3 cm³/mol. The van der Waals surface area contributed by atoms with Crippen molar-refractivity contribution in [2.45, 2.75) is 39.2 Å². The van der Waals surface area contributed by atoms with E-state index in [0.717, 1.165) is 24.3 Å². The molecule has 2 rings (SSSR count). The molecule has 1 atom stereocenters. The lowest BCUT2D eigenvalue weighted by molar-refractivity contribution is 0.719. The Labute approximate surface area is 126 Å². The van der Waals surface area contributed by atoms with E-state index in [1.54, 1.807) is 0 Å². The second-order valence-corrected chi connectivity index (χ2v) is 5.61. The zero-order valence-electron chi connectivity index (χ0n) is 12.2. The summed E-state index contributed by atoms with van der Waals surface area (Å²) in [5, 5.41) is 0.767. The molecule has 0 aliphatic rings. The van der Waals surface area contributed by atoms with Crippen molar-refractivity contribution in [3.8, 4) is 0 Å². The Bertz CT molecular complexity index is 560. The van der Waals surface area contributed by atoms with E-state index in [4.69, 9.17) is 17.3 Å². The molecule has 0 saturated carbocycles. The first-order chi connectivity index (χ1) is 9.63. The molecular weight excluding hydrogens is 266 g/mol. The summed E-state index contributed by atoms with van der Waals surface area (Å²) in [6.07, 6.45) is 2.98. The number of rotatable bonds is 5. The van der Waals surface area contributed by atoms with Crippen molar-refractivity contribution in [1.29, 1.82) is 0 Å². The Morgan fingerprint density at radius 1 is 0.950 bits per heavy atom. The summed E-state index contributed by atoms with van der Waals surface area (Å²) in [7, 11) is 0. The molecule has 0 fully saturated rings.